The fraction of sp³-hybridized carbons (Fsp3) is 0.0417. The molecule has 0 amide bonds. The third kappa shape index (κ3) is 4.37. The highest BCUT2D eigenvalue weighted by Gasteiger charge is 2.17. The number of aromatic nitrogens is 3. The zero-order valence-corrected chi connectivity index (χ0v) is 20.0. The number of pyridine rings is 1. The fourth-order valence-electron chi connectivity index (χ4n) is 3.63. The van der Waals surface area contributed by atoms with Gasteiger partial charge < -0.3 is 4.74 Å². The number of rotatable bonds is 6. The molecular weight excluding hydrogens is 495 g/mol. The third-order valence-corrected chi connectivity index (χ3v) is 7.28. The van der Waals surface area contributed by atoms with Gasteiger partial charge in [0.15, 0.2) is 11.0 Å². The van der Waals surface area contributed by atoms with Crippen LogP contribution < -0.4 is 9.46 Å². The Kier molecular flexibility index (Phi) is 6.23. The van der Waals surface area contributed by atoms with E-state index < -0.39 is 11.0 Å². The van der Waals surface area contributed by atoms with Crippen LogP contribution in [0.15, 0.2) is 77.3 Å². The third-order valence-electron chi connectivity index (χ3n) is 5.17. The van der Waals surface area contributed by atoms with Crippen LogP contribution in [0, 0.1) is 5.82 Å². The standard InChI is InChI=1S/C24H16ClFN4O2S2/c1-32-22-12-19(14-3-2-4-16(26)9-14)21(25)11-20(22)23-18-6-5-17(10-15(18)7-8-27-23)34(31)30-24-29-28-13-33-24/h2-13H,1H3,(H,29,30). The Labute approximate surface area is 206 Å². The lowest BCUT2D eigenvalue weighted by molar-refractivity contribution is 0.416. The summed E-state index contributed by atoms with van der Waals surface area (Å²) in [4.78, 5) is 5.16. The normalized spacial score (nSPS) is 12.0. The number of hydrogen-bond donors (Lipinski definition) is 1. The number of halogens is 2. The second-order valence-electron chi connectivity index (χ2n) is 7.20. The predicted octanol–water partition coefficient (Wildman–Crippen LogP) is 6.36. The van der Waals surface area contributed by atoms with Gasteiger partial charge >= 0.3 is 0 Å². The van der Waals surface area contributed by atoms with Gasteiger partial charge in [0.05, 0.1) is 17.7 Å². The number of nitrogens with one attached hydrogen (secondary N) is 1. The van der Waals surface area contributed by atoms with Gasteiger partial charge in [-0.2, -0.15) is 0 Å². The molecule has 3 aromatic carbocycles. The minimum Gasteiger partial charge on any atom is -0.496 e. The molecule has 0 fully saturated rings. The molecule has 2 heterocycles. The highest BCUT2D eigenvalue weighted by atomic mass is 35.5. The highest BCUT2D eigenvalue weighted by Crippen LogP contribution is 2.41. The minimum atomic E-state index is -1.49. The van der Waals surface area contributed by atoms with Gasteiger partial charge in [-0.1, -0.05) is 41.1 Å². The maximum Gasteiger partial charge on any atom is 0.217 e. The summed E-state index contributed by atoms with van der Waals surface area (Å²) in [5.41, 5.74) is 4.23. The zero-order valence-electron chi connectivity index (χ0n) is 17.7. The van der Waals surface area contributed by atoms with Crippen LogP contribution in [-0.2, 0) is 11.0 Å². The van der Waals surface area contributed by atoms with Crippen LogP contribution in [0.3, 0.4) is 0 Å². The first-order chi connectivity index (χ1) is 16.5. The molecule has 0 radical (unpaired) electrons. The van der Waals surface area contributed by atoms with Crippen molar-refractivity contribution in [3.8, 4) is 28.1 Å². The van der Waals surface area contributed by atoms with Crippen LogP contribution in [-0.4, -0.2) is 26.5 Å². The van der Waals surface area contributed by atoms with Crippen molar-refractivity contribution in [1.29, 1.82) is 0 Å². The summed E-state index contributed by atoms with van der Waals surface area (Å²) in [7, 11) is 0.0683. The van der Waals surface area contributed by atoms with E-state index in [0.29, 0.717) is 43.2 Å². The molecule has 6 nitrogen and oxygen atoms in total. The lowest BCUT2D eigenvalue weighted by Gasteiger charge is -2.15. The molecule has 10 heteroatoms. The highest BCUT2D eigenvalue weighted by molar-refractivity contribution is 7.86. The van der Waals surface area contributed by atoms with Crippen molar-refractivity contribution in [2.45, 2.75) is 4.90 Å². The Bertz CT molecular complexity index is 1530. The Hall–Kier alpha value is -3.40. The molecule has 0 saturated carbocycles. The van der Waals surface area contributed by atoms with Gasteiger partial charge in [0.25, 0.3) is 0 Å². The van der Waals surface area contributed by atoms with E-state index in [1.165, 1.54) is 23.5 Å². The maximum atomic E-state index is 13.8. The van der Waals surface area contributed by atoms with Crippen LogP contribution in [0.2, 0.25) is 5.02 Å². The Morgan fingerprint density at radius 3 is 2.74 bits per heavy atom. The molecular formula is C24H16ClFN4O2S2. The molecule has 0 aliphatic carbocycles. The molecule has 1 N–H and O–H groups in total. The van der Waals surface area contributed by atoms with Gasteiger partial charge in [0, 0.05) is 27.7 Å². The van der Waals surface area contributed by atoms with Crippen molar-refractivity contribution in [3.05, 3.63) is 83.2 Å². The van der Waals surface area contributed by atoms with E-state index in [9.17, 15) is 8.60 Å². The predicted molar refractivity (Wildman–Crippen MR) is 134 cm³/mol. The Morgan fingerprint density at radius 1 is 1.09 bits per heavy atom. The van der Waals surface area contributed by atoms with Gasteiger partial charge in [-0.15, -0.1) is 10.2 Å². The SMILES string of the molecule is COc1cc(-c2cccc(F)c2)c(Cl)cc1-c1nccc2cc(S(=O)Nc3nncs3)ccc12. The molecule has 5 aromatic rings. The van der Waals surface area contributed by atoms with E-state index in [4.69, 9.17) is 16.3 Å². The average Bonchev–Trinajstić information content (AvgIpc) is 3.36. The van der Waals surface area contributed by atoms with Gasteiger partial charge in [0.2, 0.25) is 5.13 Å². The average molecular weight is 511 g/mol. The summed E-state index contributed by atoms with van der Waals surface area (Å²) in [6.45, 7) is 0. The smallest absolute Gasteiger partial charge is 0.217 e. The molecule has 34 heavy (non-hydrogen) atoms. The number of fused-ring (bicyclic) bond motifs is 1. The summed E-state index contributed by atoms with van der Waals surface area (Å²) < 4.78 is 35.0. The first-order valence-corrected chi connectivity index (χ1v) is 12.4. The molecule has 0 aliphatic rings. The van der Waals surface area contributed by atoms with Gasteiger partial charge in [-0.3, -0.25) is 9.71 Å². The van der Waals surface area contributed by atoms with E-state index in [0.717, 1.165) is 10.8 Å². The number of benzene rings is 3. The molecule has 0 aliphatic heterocycles. The van der Waals surface area contributed by atoms with Crippen molar-refractivity contribution in [3.63, 3.8) is 0 Å². The topological polar surface area (TPSA) is 77.0 Å². The fourth-order valence-corrected chi connectivity index (χ4v) is 5.35. The largest absolute Gasteiger partial charge is 0.496 e. The summed E-state index contributed by atoms with van der Waals surface area (Å²) in [6, 6.07) is 17.1. The molecule has 0 spiro atoms. The summed E-state index contributed by atoms with van der Waals surface area (Å²) >= 11 is 7.89. The van der Waals surface area contributed by atoms with E-state index in [1.54, 1.807) is 49.1 Å². The minimum absolute atomic E-state index is 0.346. The number of ether oxygens (including phenoxy) is 1. The second-order valence-corrected chi connectivity index (χ2v) is 9.65. The number of methoxy groups -OCH3 is 1. The first kappa shape index (κ1) is 22.4. The summed E-state index contributed by atoms with van der Waals surface area (Å²) in [5.74, 6) is 0.204. The molecule has 0 bridgehead atoms. The van der Waals surface area contributed by atoms with Crippen LogP contribution in [0.25, 0.3) is 33.2 Å². The van der Waals surface area contributed by atoms with Crippen LogP contribution in [0.1, 0.15) is 0 Å². The monoisotopic (exact) mass is 510 g/mol. The van der Waals surface area contributed by atoms with E-state index in [2.05, 4.69) is 19.9 Å². The van der Waals surface area contributed by atoms with Gasteiger partial charge in [0.1, 0.15) is 17.1 Å². The number of nitrogens with zero attached hydrogens (tertiary/aromatic N) is 3. The molecule has 5 rings (SSSR count). The summed E-state index contributed by atoms with van der Waals surface area (Å²) in [6.07, 6.45) is 1.68. The van der Waals surface area contributed by atoms with E-state index in [-0.39, 0.29) is 5.82 Å². The zero-order chi connectivity index (χ0) is 23.7. The van der Waals surface area contributed by atoms with Crippen LogP contribution in [0.5, 0.6) is 5.75 Å². The quantitative estimate of drug-likeness (QED) is 0.288. The van der Waals surface area contributed by atoms with E-state index >= 15 is 0 Å². The van der Waals surface area contributed by atoms with Crippen molar-refractivity contribution < 1.29 is 13.3 Å². The molecule has 170 valence electrons. The van der Waals surface area contributed by atoms with E-state index in [1.807, 2.05) is 18.2 Å². The number of hydrogen-bond acceptors (Lipinski definition) is 6. The Morgan fingerprint density at radius 2 is 1.97 bits per heavy atom. The summed E-state index contributed by atoms with van der Waals surface area (Å²) in [5, 5.41) is 10.2. The van der Waals surface area contributed by atoms with Crippen molar-refractivity contribution in [2.24, 2.45) is 0 Å². The van der Waals surface area contributed by atoms with Gasteiger partial charge in [-0.05, 0) is 53.4 Å². The van der Waals surface area contributed by atoms with Crippen LogP contribution in [0.4, 0.5) is 9.52 Å². The van der Waals surface area contributed by atoms with Crippen molar-refractivity contribution in [1.82, 2.24) is 15.2 Å². The second kappa shape index (κ2) is 9.46. The van der Waals surface area contributed by atoms with Crippen molar-refractivity contribution >= 4 is 49.8 Å². The van der Waals surface area contributed by atoms with Crippen molar-refractivity contribution in [2.75, 3.05) is 11.8 Å². The Balaban J connectivity index is 1.57. The molecule has 2 aromatic heterocycles. The number of anilines is 1. The first-order valence-electron chi connectivity index (χ1n) is 10.0. The van der Waals surface area contributed by atoms with Crippen LogP contribution >= 0.6 is 22.9 Å². The van der Waals surface area contributed by atoms with Gasteiger partial charge in [-0.25, -0.2) is 8.60 Å². The lowest BCUT2D eigenvalue weighted by atomic mass is 9.98. The lowest BCUT2D eigenvalue weighted by Crippen LogP contribution is -2.04. The maximum absolute atomic E-state index is 13.8. The molecule has 0 saturated heterocycles. The molecule has 1 atom stereocenters. The molecule has 1 unspecified atom stereocenters.